The number of thioether (sulfide) groups is 1. The van der Waals surface area contributed by atoms with Crippen LogP contribution in [0.25, 0.3) is 0 Å². The molecule has 2 aromatic heterocycles. The standard InChI is InChI=1S/C18H22N4O3S2/c1-21(10-13-3-2-6-19-9-13)11-14-4-5-16(23)22(14)7-8-26-18-20-15(12-27-18)17(24)25/h2-3,6,9,12,14H,4-5,7-8,10-11H2,1H3,(H,24,25). The quantitative estimate of drug-likeness (QED) is 0.640. The van der Waals surface area contributed by atoms with Crippen molar-refractivity contribution < 1.29 is 14.7 Å². The molecule has 0 spiro atoms. The Balaban J connectivity index is 1.49. The van der Waals surface area contributed by atoms with Crippen LogP contribution in [0.3, 0.4) is 0 Å². The van der Waals surface area contributed by atoms with Gasteiger partial charge in [0.25, 0.3) is 0 Å². The first-order chi connectivity index (χ1) is 13.0. The third-order valence-corrected chi connectivity index (χ3v) is 6.41. The van der Waals surface area contributed by atoms with Crippen LogP contribution in [0, 0.1) is 0 Å². The van der Waals surface area contributed by atoms with Crippen molar-refractivity contribution in [2.24, 2.45) is 0 Å². The van der Waals surface area contributed by atoms with Crippen LogP contribution in [0.1, 0.15) is 28.9 Å². The highest BCUT2D eigenvalue weighted by atomic mass is 32.2. The predicted octanol–water partition coefficient (Wildman–Crippen LogP) is 2.45. The molecule has 1 fully saturated rings. The van der Waals surface area contributed by atoms with E-state index in [0.717, 1.165) is 29.4 Å². The van der Waals surface area contributed by atoms with Crippen molar-refractivity contribution in [2.75, 3.05) is 25.9 Å². The first-order valence-electron chi connectivity index (χ1n) is 8.71. The van der Waals surface area contributed by atoms with Crippen LogP contribution < -0.4 is 0 Å². The second kappa shape index (κ2) is 9.29. The van der Waals surface area contributed by atoms with Crippen LogP contribution in [0.4, 0.5) is 0 Å². The molecule has 0 radical (unpaired) electrons. The van der Waals surface area contributed by atoms with Crippen molar-refractivity contribution in [1.29, 1.82) is 0 Å². The maximum absolute atomic E-state index is 12.3. The van der Waals surface area contributed by atoms with E-state index in [0.29, 0.717) is 18.7 Å². The van der Waals surface area contributed by atoms with Gasteiger partial charge < -0.3 is 14.9 Å². The highest BCUT2D eigenvalue weighted by Gasteiger charge is 2.31. The lowest BCUT2D eigenvalue weighted by Crippen LogP contribution is -2.41. The molecule has 3 heterocycles. The molecular formula is C18H22N4O3S2. The molecule has 1 amide bonds. The highest BCUT2D eigenvalue weighted by molar-refractivity contribution is 8.01. The average molecular weight is 407 g/mol. The van der Waals surface area contributed by atoms with Gasteiger partial charge in [0.15, 0.2) is 10.0 Å². The number of carbonyl (C=O) groups is 2. The summed E-state index contributed by atoms with van der Waals surface area (Å²) in [5.41, 5.74) is 1.24. The lowest BCUT2D eigenvalue weighted by atomic mass is 10.2. The van der Waals surface area contributed by atoms with Crippen molar-refractivity contribution in [3.8, 4) is 0 Å². The molecule has 0 aliphatic carbocycles. The molecule has 1 saturated heterocycles. The van der Waals surface area contributed by atoms with E-state index in [1.165, 1.54) is 23.1 Å². The fourth-order valence-electron chi connectivity index (χ4n) is 3.17. The predicted molar refractivity (Wildman–Crippen MR) is 105 cm³/mol. The minimum absolute atomic E-state index is 0.0784. The summed E-state index contributed by atoms with van der Waals surface area (Å²) >= 11 is 2.83. The molecule has 3 rings (SSSR count). The zero-order chi connectivity index (χ0) is 19.2. The molecule has 1 N–H and O–H groups in total. The summed E-state index contributed by atoms with van der Waals surface area (Å²) < 4.78 is 0.726. The van der Waals surface area contributed by atoms with E-state index in [9.17, 15) is 9.59 Å². The van der Waals surface area contributed by atoms with E-state index in [4.69, 9.17) is 5.11 Å². The van der Waals surface area contributed by atoms with Crippen molar-refractivity contribution in [1.82, 2.24) is 19.8 Å². The largest absolute Gasteiger partial charge is 0.476 e. The fourth-order valence-corrected chi connectivity index (χ4v) is 4.98. The number of carboxylic acid groups (broad SMARTS) is 1. The van der Waals surface area contributed by atoms with Gasteiger partial charge in [0, 0.05) is 55.6 Å². The van der Waals surface area contributed by atoms with Crippen LogP contribution in [0.15, 0.2) is 34.2 Å². The Morgan fingerprint density at radius 3 is 3.07 bits per heavy atom. The van der Waals surface area contributed by atoms with Crippen LogP contribution >= 0.6 is 23.1 Å². The minimum atomic E-state index is -1.01. The normalized spacial score (nSPS) is 17.0. The Morgan fingerprint density at radius 1 is 1.52 bits per heavy atom. The number of pyridine rings is 1. The third kappa shape index (κ3) is 5.50. The number of aromatic nitrogens is 2. The summed E-state index contributed by atoms with van der Waals surface area (Å²) in [6.45, 7) is 2.28. The van der Waals surface area contributed by atoms with Gasteiger partial charge in [-0.25, -0.2) is 9.78 Å². The molecule has 1 unspecified atom stereocenters. The summed E-state index contributed by atoms with van der Waals surface area (Å²) in [5, 5.41) is 10.5. The third-order valence-electron chi connectivity index (χ3n) is 4.41. The van der Waals surface area contributed by atoms with E-state index in [2.05, 4.69) is 28.0 Å². The number of rotatable bonds is 9. The molecule has 0 bridgehead atoms. The number of likely N-dealkylation sites (tertiary alicyclic amines) is 1. The Bertz CT molecular complexity index is 784. The van der Waals surface area contributed by atoms with Gasteiger partial charge in [0.05, 0.1) is 0 Å². The molecule has 7 nitrogen and oxygen atoms in total. The SMILES string of the molecule is CN(Cc1cccnc1)CC1CCC(=O)N1CCSc1nc(C(=O)O)cs1. The number of amides is 1. The van der Waals surface area contributed by atoms with Crippen LogP contribution in [0.5, 0.6) is 0 Å². The highest BCUT2D eigenvalue weighted by Crippen LogP contribution is 2.25. The van der Waals surface area contributed by atoms with E-state index >= 15 is 0 Å². The fraction of sp³-hybridized carbons (Fsp3) is 0.444. The second-order valence-electron chi connectivity index (χ2n) is 6.49. The molecule has 1 aliphatic rings. The maximum Gasteiger partial charge on any atom is 0.355 e. The van der Waals surface area contributed by atoms with Gasteiger partial charge in [-0.1, -0.05) is 17.8 Å². The van der Waals surface area contributed by atoms with E-state index in [1.807, 2.05) is 17.2 Å². The van der Waals surface area contributed by atoms with Crippen molar-refractivity contribution in [2.45, 2.75) is 29.8 Å². The zero-order valence-corrected chi connectivity index (χ0v) is 16.7. The van der Waals surface area contributed by atoms with E-state index < -0.39 is 5.97 Å². The summed E-state index contributed by atoms with van der Waals surface area (Å²) in [6.07, 6.45) is 5.10. The number of nitrogens with zero attached hydrogens (tertiary/aromatic N) is 4. The second-order valence-corrected chi connectivity index (χ2v) is 8.69. The smallest absolute Gasteiger partial charge is 0.355 e. The van der Waals surface area contributed by atoms with Crippen LogP contribution in [-0.4, -0.2) is 68.7 Å². The molecule has 27 heavy (non-hydrogen) atoms. The van der Waals surface area contributed by atoms with Crippen molar-refractivity contribution >= 4 is 35.0 Å². The van der Waals surface area contributed by atoms with Gasteiger partial charge in [0.2, 0.25) is 5.91 Å². The molecule has 1 aliphatic heterocycles. The number of likely N-dealkylation sites (N-methyl/N-ethyl adjacent to an activating group) is 1. The van der Waals surface area contributed by atoms with E-state index in [1.54, 1.807) is 11.6 Å². The monoisotopic (exact) mass is 406 g/mol. The summed E-state index contributed by atoms with van der Waals surface area (Å²) in [7, 11) is 2.06. The first kappa shape index (κ1) is 19.8. The first-order valence-corrected chi connectivity index (χ1v) is 10.6. The zero-order valence-electron chi connectivity index (χ0n) is 15.1. The molecular weight excluding hydrogens is 384 g/mol. The Labute approximate surface area is 166 Å². The number of hydrogen-bond donors (Lipinski definition) is 1. The number of hydrogen-bond acceptors (Lipinski definition) is 7. The Hall–Kier alpha value is -1.97. The van der Waals surface area contributed by atoms with Gasteiger partial charge in [-0.2, -0.15) is 0 Å². The molecule has 2 aromatic rings. The summed E-state index contributed by atoms with van der Waals surface area (Å²) in [6, 6.07) is 4.20. The van der Waals surface area contributed by atoms with Crippen molar-refractivity contribution in [3.05, 3.63) is 41.2 Å². The van der Waals surface area contributed by atoms with Gasteiger partial charge in [-0.05, 0) is 25.1 Å². The Kier molecular flexibility index (Phi) is 6.81. The Morgan fingerprint density at radius 2 is 2.37 bits per heavy atom. The number of carboxylic acids is 1. The van der Waals surface area contributed by atoms with E-state index in [-0.39, 0.29) is 17.6 Å². The number of thiazole rings is 1. The maximum atomic E-state index is 12.3. The summed E-state index contributed by atoms with van der Waals surface area (Å²) in [5.74, 6) is -0.105. The van der Waals surface area contributed by atoms with Crippen LogP contribution in [0.2, 0.25) is 0 Å². The number of aromatic carboxylic acids is 1. The minimum Gasteiger partial charge on any atom is -0.476 e. The summed E-state index contributed by atoms with van der Waals surface area (Å²) in [4.78, 5) is 35.5. The molecule has 9 heteroatoms. The van der Waals surface area contributed by atoms with Crippen molar-refractivity contribution in [3.63, 3.8) is 0 Å². The molecule has 144 valence electrons. The molecule has 0 saturated carbocycles. The number of carbonyl (C=O) groups excluding carboxylic acids is 1. The average Bonchev–Trinajstić information content (AvgIpc) is 3.24. The van der Waals surface area contributed by atoms with Gasteiger partial charge in [-0.15, -0.1) is 11.3 Å². The van der Waals surface area contributed by atoms with Gasteiger partial charge >= 0.3 is 5.97 Å². The van der Waals surface area contributed by atoms with Gasteiger partial charge in [-0.3, -0.25) is 9.78 Å². The topological polar surface area (TPSA) is 86.6 Å². The lowest BCUT2D eigenvalue weighted by Gasteiger charge is -2.28. The van der Waals surface area contributed by atoms with Crippen LogP contribution in [-0.2, 0) is 11.3 Å². The van der Waals surface area contributed by atoms with Gasteiger partial charge in [0.1, 0.15) is 0 Å². The molecule has 1 atom stereocenters. The molecule has 0 aromatic carbocycles. The lowest BCUT2D eigenvalue weighted by molar-refractivity contribution is -0.128.